The summed E-state index contributed by atoms with van der Waals surface area (Å²) < 4.78 is 0. The van der Waals surface area contributed by atoms with Crippen LogP contribution in [0.3, 0.4) is 0 Å². The summed E-state index contributed by atoms with van der Waals surface area (Å²) in [6, 6.07) is 0. The van der Waals surface area contributed by atoms with Crippen molar-refractivity contribution in [2.75, 3.05) is 29.1 Å². The molecule has 1 saturated heterocycles. The molecule has 0 amide bonds. The fraction of sp³-hybridized carbons (Fsp3) is 0.556. The number of hydrogen-bond acceptors (Lipinski definition) is 6. The Bertz CT molecular complexity index is 333. The molecule has 0 aliphatic carbocycles. The van der Waals surface area contributed by atoms with E-state index in [1.165, 1.54) is 25.6 Å². The molecule has 0 aromatic carbocycles. The van der Waals surface area contributed by atoms with Gasteiger partial charge in [-0.3, -0.25) is 0 Å². The quantitative estimate of drug-likeness (QED) is 0.479. The predicted molar refractivity (Wildman–Crippen MR) is 60.3 cm³/mol. The molecule has 1 aliphatic rings. The van der Waals surface area contributed by atoms with Crippen molar-refractivity contribution in [1.29, 1.82) is 0 Å². The van der Waals surface area contributed by atoms with Crippen molar-refractivity contribution in [3.8, 4) is 0 Å². The number of rotatable bonds is 2. The van der Waals surface area contributed by atoms with E-state index in [0.717, 1.165) is 18.9 Å². The third kappa shape index (κ3) is 1.94. The van der Waals surface area contributed by atoms with Gasteiger partial charge in [0.05, 0.1) is 0 Å². The second-order valence-corrected chi connectivity index (χ2v) is 3.65. The molecular weight excluding hydrogens is 192 g/mol. The minimum atomic E-state index is 0.491. The number of nitrogens with two attached hydrogens (primary N) is 2. The zero-order valence-corrected chi connectivity index (χ0v) is 8.61. The van der Waals surface area contributed by atoms with Crippen LogP contribution in [0.15, 0.2) is 6.33 Å². The van der Waals surface area contributed by atoms with Crippen LogP contribution >= 0.6 is 0 Å². The summed E-state index contributed by atoms with van der Waals surface area (Å²) in [5, 5.41) is 0. The molecule has 1 aromatic heterocycles. The average molecular weight is 208 g/mol. The fourth-order valence-electron chi connectivity index (χ4n) is 1.86. The molecule has 6 heteroatoms. The van der Waals surface area contributed by atoms with E-state index >= 15 is 0 Å². The van der Waals surface area contributed by atoms with E-state index in [1.54, 1.807) is 0 Å². The van der Waals surface area contributed by atoms with E-state index in [2.05, 4.69) is 20.3 Å². The van der Waals surface area contributed by atoms with Crippen LogP contribution < -0.4 is 21.9 Å². The number of nitrogens with one attached hydrogen (secondary N) is 1. The minimum absolute atomic E-state index is 0.491. The molecule has 0 atom stereocenters. The van der Waals surface area contributed by atoms with Gasteiger partial charge in [-0.2, -0.15) is 0 Å². The van der Waals surface area contributed by atoms with Crippen LogP contribution in [0.5, 0.6) is 0 Å². The van der Waals surface area contributed by atoms with Crippen molar-refractivity contribution in [1.82, 2.24) is 9.97 Å². The maximum Gasteiger partial charge on any atom is 0.168 e. The summed E-state index contributed by atoms with van der Waals surface area (Å²) in [5.41, 5.74) is 8.92. The Morgan fingerprint density at radius 3 is 2.60 bits per heavy atom. The highest BCUT2D eigenvalue weighted by molar-refractivity contribution is 5.74. The maximum absolute atomic E-state index is 5.92. The normalized spacial score (nSPS) is 16.5. The zero-order valence-electron chi connectivity index (χ0n) is 8.61. The van der Waals surface area contributed by atoms with E-state index in [-0.39, 0.29) is 0 Å². The Morgan fingerprint density at radius 2 is 1.93 bits per heavy atom. The summed E-state index contributed by atoms with van der Waals surface area (Å²) >= 11 is 0. The molecule has 2 rings (SSSR count). The van der Waals surface area contributed by atoms with E-state index in [0.29, 0.717) is 11.5 Å². The second kappa shape index (κ2) is 4.31. The van der Waals surface area contributed by atoms with Gasteiger partial charge in [0.2, 0.25) is 0 Å². The molecule has 0 spiro atoms. The molecule has 0 bridgehead atoms. The largest absolute Gasteiger partial charge is 0.393 e. The van der Waals surface area contributed by atoms with E-state index in [1.807, 2.05) is 0 Å². The van der Waals surface area contributed by atoms with Crippen LogP contribution in [-0.4, -0.2) is 23.1 Å². The highest BCUT2D eigenvalue weighted by Crippen LogP contribution is 2.27. The number of anilines is 3. The van der Waals surface area contributed by atoms with Gasteiger partial charge in [-0.1, -0.05) is 0 Å². The molecular formula is C9H16N6. The van der Waals surface area contributed by atoms with E-state index < -0.39 is 0 Å². The molecule has 2 heterocycles. The number of nitrogen functional groups attached to an aromatic ring is 2. The van der Waals surface area contributed by atoms with Gasteiger partial charge in [0.15, 0.2) is 11.6 Å². The number of nitrogens with zero attached hydrogens (tertiary/aromatic N) is 3. The predicted octanol–water partition coefficient (Wildman–Crippen LogP) is 0.335. The highest BCUT2D eigenvalue weighted by Gasteiger charge is 2.16. The van der Waals surface area contributed by atoms with Gasteiger partial charge in [0.25, 0.3) is 0 Å². The van der Waals surface area contributed by atoms with Gasteiger partial charge < -0.3 is 16.1 Å². The van der Waals surface area contributed by atoms with Crippen LogP contribution in [0.1, 0.15) is 19.3 Å². The van der Waals surface area contributed by atoms with Gasteiger partial charge in [-0.05, 0) is 19.3 Å². The lowest BCUT2D eigenvalue weighted by molar-refractivity contribution is 0.573. The Hall–Kier alpha value is -1.56. The molecule has 0 saturated carbocycles. The van der Waals surface area contributed by atoms with Crippen LogP contribution in [0.2, 0.25) is 0 Å². The van der Waals surface area contributed by atoms with Crippen LogP contribution in [0, 0.1) is 0 Å². The molecule has 5 N–H and O–H groups in total. The first-order valence-corrected chi connectivity index (χ1v) is 5.15. The van der Waals surface area contributed by atoms with Crippen LogP contribution in [0.4, 0.5) is 17.3 Å². The highest BCUT2D eigenvalue weighted by atomic mass is 15.3. The Kier molecular flexibility index (Phi) is 2.86. The zero-order chi connectivity index (χ0) is 10.7. The van der Waals surface area contributed by atoms with Crippen LogP contribution in [0.25, 0.3) is 0 Å². The first kappa shape index (κ1) is 9.97. The lowest BCUT2D eigenvalue weighted by Gasteiger charge is -2.28. The summed E-state index contributed by atoms with van der Waals surface area (Å²) in [7, 11) is 0. The van der Waals surface area contributed by atoms with Crippen molar-refractivity contribution in [3.63, 3.8) is 0 Å². The third-order valence-electron chi connectivity index (χ3n) is 2.66. The number of hydrazine groups is 1. The van der Waals surface area contributed by atoms with Gasteiger partial charge in [-0.25, -0.2) is 15.8 Å². The summed E-state index contributed by atoms with van der Waals surface area (Å²) in [6.45, 7) is 2.01. The van der Waals surface area contributed by atoms with E-state index in [9.17, 15) is 0 Å². The van der Waals surface area contributed by atoms with E-state index in [4.69, 9.17) is 11.6 Å². The van der Waals surface area contributed by atoms with Gasteiger partial charge >= 0.3 is 0 Å². The molecule has 1 fully saturated rings. The minimum Gasteiger partial charge on any atom is -0.393 e. The first-order valence-electron chi connectivity index (χ1n) is 5.15. The SMILES string of the molecule is NNc1ncnc(N2CCCCC2)c1N. The number of aromatic nitrogens is 2. The average Bonchev–Trinajstić information content (AvgIpc) is 2.30. The summed E-state index contributed by atoms with van der Waals surface area (Å²) in [4.78, 5) is 10.3. The molecule has 1 aliphatic heterocycles. The molecule has 82 valence electrons. The lowest BCUT2D eigenvalue weighted by atomic mass is 10.1. The smallest absolute Gasteiger partial charge is 0.168 e. The van der Waals surface area contributed by atoms with Gasteiger partial charge in [-0.15, -0.1) is 0 Å². The Morgan fingerprint density at radius 1 is 1.20 bits per heavy atom. The topological polar surface area (TPSA) is 93.1 Å². The fourth-order valence-corrected chi connectivity index (χ4v) is 1.86. The molecule has 0 unspecified atom stereocenters. The summed E-state index contributed by atoms with van der Waals surface area (Å²) in [6.07, 6.45) is 5.14. The third-order valence-corrected chi connectivity index (χ3v) is 2.66. The Labute approximate surface area is 88.6 Å². The lowest BCUT2D eigenvalue weighted by Crippen LogP contribution is -2.31. The van der Waals surface area contributed by atoms with Crippen molar-refractivity contribution >= 4 is 17.3 Å². The maximum atomic E-state index is 5.92. The van der Waals surface area contributed by atoms with Gasteiger partial charge in [0, 0.05) is 13.1 Å². The molecule has 6 nitrogen and oxygen atoms in total. The monoisotopic (exact) mass is 208 g/mol. The molecule has 0 radical (unpaired) electrons. The number of piperidine rings is 1. The van der Waals surface area contributed by atoms with Crippen molar-refractivity contribution in [2.24, 2.45) is 5.84 Å². The number of hydrogen-bond donors (Lipinski definition) is 3. The Balaban J connectivity index is 2.26. The standard InChI is InChI=1S/C9H16N6/c10-7-8(14-11)12-6-13-9(7)15-4-2-1-3-5-15/h6H,1-5,10-11H2,(H,12,13,14). The van der Waals surface area contributed by atoms with Crippen molar-refractivity contribution < 1.29 is 0 Å². The van der Waals surface area contributed by atoms with Gasteiger partial charge in [0.1, 0.15) is 12.0 Å². The molecule has 15 heavy (non-hydrogen) atoms. The summed E-state index contributed by atoms with van der Waals surface area (Å²) in [5.74, 6) is 6.59. The molecule has 1 aromatic rings. The second-order valence-electron chi connectivity index (χ2n) is 3.65. The first-order chi connectivity index (χ1) is 7.33. The van der Waals surface area contributed by atoms with Crippen LogP contribution in [-0.2, 0) is 0 Å². The van der Waals surface area contributed by atoms with Crippen molar-refractivity contribution in [3.05, 3.63) is 6.33 Å². The van der Waals surface area contributed by atoms with Crippen molar-refractivity contribution in [2.45, 2.75) is 19.3 Å².